The fourth-order valence-electron chi connectivity index (χ4n) is 2.70. The molecule has 1 aliphatic heterocycles. The molecule has 25 heavy (non-hydrogen) atoms. The first-order chi connectivity index (χ1) is 11.0. The quantitative estimate of drug-likeness (QED) is 0.553. The summed E-state index contributed by atoms with van der Waals surface area (Å²) in [5.41, 5.74) is -1.71. The Morgan fingerprint density at radius 1 is 1.12 bits per heavy atom. The van der Waals surface area contributed by atoms with E-state index >= 15 is 0 Å². The molecule has 2 atom stereocenters. The maximum absolute atomic E-state index is 12.7. The van der Waals surface area contributed by atoms with Gasteiger partial charge in [-0.3, -0.25) is 4.90 Å². The van der Waals surface area contributed by atoms with Crippen LogP contribution in [-0.2, 0) is 18.7 Å². The maximum Gasteiger partial charge on any atom is 0.411 e. The molecular formula is C18H35NO5Si. The minimum atomic E-state index is -2.02. The molecule has 0 N–H and O–H groups in total. The SMILES string of the molecule is COC(=O)C1(C)C[C@@H](O[Si](C)(C)C(C)(C)C)CN1C(=O)OC(C)(C)C. The molecule has 1 heterocycles. The zero-order valence-electron chi connectivity index (χ0n) is 17.5. The minimum absolute atomic E-state index is 0.0496. The lowest BCUT2D eigenvalue weighted by Crippen LogP contribution is -2.52. The number of carbonyl (C=O) groups excluding carboxylic acids is 2. The lowest BCUT2D eigenvalue weighted by Gasteiger charge is -2.38. The van der Waals surface area contributed by atoms with Crippen molar-refractivity contribution in [2.75, 3.05) is 13.7 Å². The van der Waals surface area contributed by atoms with Crippen LogP contribution in [0.3, 0.4) is 0 Å². The van der Waals surface area contributed by atoms with Gasteiger partial charge in [-0.2, -0.15) is 0 Å². The summed E-state index contributed by atoms with van der Waals surface area (Å²) in [6.45, 7) is 18.3. The van der Waals surface area contributed by atoms with Crippen LogP contribution in [0, 0.1) is 0 Å². The number of hydrogen-bond acceptors (Lipinski definition) is 5. The first-order valence-corrected chi connectivity index (χ1v) is 11.7. The molecule has 146 valence electrons. The smallest absolute Gasteiger partial charge is 0.411 e. The minimum Gasteiger partial charge on any atom is -0.467 e. The summed E-state index contributed by atoms with van der Waals surface area (Å²) in [5, 5.41) is 0.0496. The van der Waals surface area contributed by atoms with Crippen molar-refractivity contribution >= 4 is 20.4 Å². The van der Waals surface area contributed by atoms with Crippen molar-refractivity contribution in [1.82, 2.24) is 4.90 Å². The summed E-state index contributed by atoms with van der Waals surface area (Å²) in [7, 11) is -0.683. The van der Waals surface area contributed by atoms with Crippen LogP contribution in [0.5, 0.6) is 0 Å². The van der Waals surface area contributed by atoms with Gasteiger partial charge in [0.2, 0.25) is 0 Å². The van der Waals surface area contributed by atoms with E-state index in [1.54, 1.807) is 27.7 Å². The predicted molar refractivity (Wildman–Crippen MR) is 100 cm³/mol. The van der Waals surface area contributed by atoms with Crippen molar-refractivity contribution in [2.45, 2.75) is 90.3 Å². The first-order valence-electron chi connectivity index (χ1n) is 8.80. The Balaban J connectivity index is 3.07. The van der Waals surface area contributed by atoms with E-state index in [2.05, 4.69) is 33.9 Å². The van der Waals surface area contributed by atoms with Gasteiger partial charge >= 0.3 is 12.1 Å². The number of hydrogen-bond donors (Lipinski definition) is 0. The Bertz CT molecular complexity index is 521. The molecule has 0 spiro atoms. The van der Waals surface area contributed by atoms with E-state index in [1.165, 1.54) is 12.0 Å². The highest BCUT2D eigenvalue weighted by molar-refractivity contribution is 6.74. The average molecular weight is 374 g/mol. The molecule has 1 rings (SSSR count). The van der Waals surface area contributed by atoms with Gasteiger partial charge in [0.25, 0.3) is 0 Å². The highest BCUT2D eigenvalue weighted by Gasteiger charge is 2.54. The van der Waals surface area contributed by atoms with Crippen molar-refractivity contribution in [1.29, 1.82) is 0 Å². The molecule has 1 fully saturated rings. The van der Waals surface area contributed by atoms with Gasteiger partial charge < -0.3 is 13.9 Å². The Hall–Kier alpha value is -1.08. The maximum atomic E-state index is 12.7. The standard InChI is InChI=1S/C18H35NO5Si/c1-16(2,3)23-15(21)19-12-13(11-18(19,7)14(20)22-8)24-25(9,10)17(4,5)6/h13H,11-12H2,1-10H3/t13-,18?/m1/s1. The van der Waals surface area contributed by atoms with E-state index in [1.807, 2.05) is 0 Å². The van der Waals surface area contributed by atoms with Crippen LogP contribution in [0.25, 0.3) is 0 Å². The summed E-state index contributed by atoms with van der Waals surface area (Å²) < 4.78 is 16.9. The average Bonchev–Trinajstić information content (AvgIpc) is 2.72. The summed E-state index contributed by atoms with van der Waals surface area (Å²) in [5.74, 6) is -0.445. The van der Waals surface area contributed by atoms with E-state index < -0.39 is 31.5 Å². The van der Waals surface area contributed by atoms with Gasteiger partial charge in [0.05, 0.1) is 19.8 Å². The number of rotatable bonds is 3. The molecule has 6 nitrogen and oxygen atoms in total. The number of likely N-dealkylation sites (tertiary alicyclic amines) is 1. The molecule has 0 aromatic rings. The van der Waals surface area contributed by atoms with E-state index in [0.29, 0.717) is 13.0 Å². The number of nitrogens with zero attached hydrogens (tertiary/aromatic N) is 1. The molecule has 1 amide bonds. The first kappa shape index (κ1) is 22.0. The zero-order chi connectivity index (χ0) is 19.8. The third-order valence-electron chi connectivity index (χ3n) is 5.11. The Morgan fingerprint density at radius 2 is 1.64 bits per heavy atom. The van der Waals surface area contributed by atoms with Gasteiger partial charge in [-0.25, -0.2) is 9.59 Å². The van der Waals surface area contributed by atoms with Crippen LogP contribution in [0.15, 0.2) is 0 Å². The third-order valence-corrected chi connectivity index (χ3v) is 9.65. The van der Waals surface area contributed by atoms with E-state index in [9.17, 15) is 9.59 Å². The molecule has 7 heteroatoms. The number of ether oxygens (including phenoxy) is 2. The number of amides is 1. The van der Waals surface area contributed by atoms with Crippen LogP contribution in [0.4, 0.5) is 4.79 Å². The Morgan fingerprint density at radius 3 is 2.04 bits per heavy atom. The van der Waals surface area contributed by atoms with Crippen molar-refractivity contribution in [2.24, 2.45) is 0 Å². The fraction of sp³-hybridized carbons (Fsp3) is 0.889. The second-order valence-electron chi connectivity index (χ2n) is 9.56. The topological polar surface area (TPSA) is 65.1 Å². The predicted octanol–water partition coefficient (Wildman–Crippen LogP) is 3.95. The van der Waals surface area contributed by atoms with Gasteiger partial charge in [0.1, 0.15) is 11.1 Å². The fourth-order valence-corrected chi connectivity index (χ4v) is 4.05. The molecule has 1 aliphatic rings. The van der Waals surface area contributed by atoms with Crippen LogP contribution in [0.2, 0.25) is 18.1 Å². The van der Waals surface area contributed by atoms with Crippen molar-refractivity contribution < 1.29 is 23.5 Å². The highest BCUT2D eigenvalue weighted by Crippen LogP contribution is 2.41. The van der Waals surface area contributed by atoms with Gasteiger partial charge in [0, 0.05) is 6.42 Å². The lowest BCUT2D eigenvalue weighted by atomic mass is 9.98. The van der Waals surface area contributed by atoms with E-state index in [0.717, 1.165) is 0 Å². The van der Waals surface area contributed by atoms with Crippen LogP contribution in [0.1, 0.15) is 54.9 Å². The second kappa shape index (κ2) is 6.91. The normalized spacial score (nSPS) is 25.0. The highest BCUT2D eigenvalue weighted by atomic mass is 28.4. The molecule has 0 radical (unpaired) electrons. The van der Waals surface area contributed by atoms with E-state index in [-0.39, 0.29) is 11.1 Å². The molecule has 0 bridgehead atoms. The second-order valence-corrected chi connectivity index (χ2v) is 14.3. The summed E-state index contributed by atoms with van der Waals surface area (Å²) in [4.78, 5) is 26.5. The lowest BCUT2D eigenvalue weighted by molar-refractivity contribution is -0.152. The monoisotopic (exact) mass is 373 g/mol. The Kier molecular flexibility index (Phi) is 6.07. The third kappa shape index (κ3) is 4.97. The molecule has 0 saturated carbocycles. The van der Waals surface area contributed by atoms with Crippen molar-refractivity contribution in [3.8, 4) is 0 Å². The van der Waals surface area contributed by atoms with Crippen molar-refractivity contribution in [3.05, 3.63) is 0 Å². The molecule has 0 aromatic heterocycles. The molecular weight excluding hydrogens is 338 g/mol. The number of methoxy groups -OCH3 is 1. The van der Waals surface area contributed by atoms with Crippen LogP contribution in [-0.4, -0.2) is 56.2 Å². The van der Waals surface area contributed by atoms with Crippen molar-refractivity contribution in [3.63, 3.8) is 0 Å². The molecule has 0 aliphatic carbocycles. The van der Waals surface area contributed by atoms with Gasteiger partial charge in [-0.1, -0.05) is 20.8 Å². The zero-order valence-corrected chi connectivity index (χ0v) is 18.5. The summed E-state index contributed by atoms with van der Waals surface area (Å²) in [6.07, 6.45) is -0.315. The van der Waals surface area contributed by atoms with Gasteiger partial charge in [-0.15, -0.1) is 0 Å². The number of esters is 1. The van der Waals surface area contributed by atoms with Crippen LogP contribution >= 0.6 is 0 Å². The Labute approximate surface area is 153 Å². The summed E-state index contributed by atoms with van der Waals surface area (Å²) in [6, 6.07) is 0. The van der Waals surface area contributed by atoms with Gasteiger partial charge in [0.15, 0.2) is 8.32 Å². The van der Waals surface area contributed by atoms with E-state index in [4.69, 9.17) is 13.9 Å². The van der Waals surface area contributed by atoms with Crippen LogP contribution < -0.4 is 0 Å². The molecule has 1 saturated heterocycles. The summed E-state index contributed by atoms with van der Waals surface area (Å²) >= 11 is 0. The largest absolute Gasteiger partial charge is 0.467 e. The van der Waals surface area contributed by atoms with Gasteiger partial charge in [-0.05, 0) is 45.8 Å². The molecule has 0 aromatic carbocycles. The molecule has 1 unspecified atom stereocenters. The number of carbonyl (C=O) groups is 2.